The maximum absolute atomic E-state index is 13.3. The summed E-state index contributed by atoms with van der Waals surface area (Å²) in [4.78, 5) is 1.66. The zero-order chi connectivity index (χ0) is 12.4. The summed E-state index contributed by atoms with van der Waals surface area (Å²) in [6, 6.07) is 3.76. The molecule has 2 rings (SSSR count). The second-order valence-electron chi connectivity index (χ2n) is 3.81. The summed E-state index contributed by atoms with van der Waals surface area (Å²) in [5, 5.41) is 0. The van der Waals surface area contributed by atoms with Gasteiger partial charge in [-0.3, -0.25) is 0 Å². The van der Waals surface area contributed by atoms with Crippen molar-refractivity contribution >= 4 is 11.4 Å². The first-order valence-electron chi connectivity index (χ1n) is 5.04. The number of nitrogens with two attached hydrogens (primary N) is 1. The summed E-state index contributed by atoms with van der Waals surface area (Å²) >= 11 is 0. The van der Waals surface area contributed by atoms with Crippen molar-refractivity contribution in [3.05, 3.63) is 47.9 Å². The highest BCUT2D eigenvalue weighted by Crippen LogP contribution is 2.27. The molecule has 1 heterocycles. The SMILES string of the molecule is CN(Cc1ccoc1)c1cc(F)cc(F)c1N. The molecule has 0 aliphatic carbocycles. The molecule has 17 heavy (non-hydrogen) atoms. The lowest BCUT2D eigenvalue weighted by Gasteiger charge is -2.20. The monoisotopic (exact) mass is 238 g/mol. The highest BCUT2D eigenvalue weighted by atomic mass is 19.1. The first-order chi connectivity index (χ1) is 8.08. The van der Waals surface area contributed by atoms with Crippen LogP contribution < -0.4 is 10.6 Å². The highest BCUT2D eigenvalue weighted by Gasteiger charge is 2.12. The summed E-state index contributed by atoms with van der Waals surface area (Å²) in [7, 11) is 1.71. The van der Waals surface area contributed by atoms with Crippen LogP contribution in [0.15, 0.2) is 35.1 Å². The fourth-order valence-corrected chi connectivity index (χ4v) is 1.63. The number of furan rings is 1. The van der Waals surface area contributed by atoms with Gasteiger partial charge in [0, 0.05) is 25.2 Å². The average Bonchev–Trinajstić information content (AvgIpc) is 2.76. The van der Waals surface area contributed by atoms with Crippen molar-refractivity contribution in [3.8, 4) is 0 Å². The standard InChI is InChI=1S/C12H12F2N2O/c1-16(6-8-2-3-17-7-8)11-5-9(13)4-10(14)12(11)15/h2-5,7H,6,15H2,1H3. The van der Waals surface area contributed by atoms with Crippen LogP contribution in [-0.4, -0.2) is 7.05 Å². The Kier molecular flexibility index (Phi) is 2.99. The molecule has 3 nitrogen and oxygen atoms in total. The van der Waals surface area contributed by atoms with Crippen LogP contribution in [0.2, 0.25) is 0 Å². The largest absolute Gasteiger partial charge is 0.472 e. The van der Waals surface area contributed by atoms with Crippen LogP contribution in [0.3, 0.4) is 0 Å². The van der Waals surface area contributed by atoms with Gasteiger partial charge in [0.1, 0.15) is 5.82 Å². The van der Waals surface area contributed by atoms with E-state index >= 15 is 0 Å². The number of hydrogen-bond acceptors (Lipinski definition) is 3. The third kappa shape index (κ3) is 2.38. The van der Waals surface area contributed by atoms with E-state index < -0.39 is 11.6 Å². The van der Waals surface area contributed by atoms with Crippen molar-refractivity contribution in [1.29, 1.82) is 0 Å². The molecule has 0 saturated heterocycles. The second kappa shape index (κ2) is 4.45. The molecule has 0 saturated carbocycles. The number of nitrogen functional groups attached to an aromatic ring is 1. The smallest absolute Gasteiger partial charge is 0.151 e. The molecule has 0 atom stereocenters. The van der Waals surface area contributed by atoms with Gasteiger partial charge in [-0.1, -0.05) is 0 Å². The van der Waals surface area contributed by atoms with Crippen LogP contribution in [0.4, 0.5) is 20.2 Å². The molecule has 1 aromatic carbocycles. The molecule has 2 aromatic rings. The van der Waals surface area contributed by atoms with Gasteiger partial charge >= 0.3 is 0 Å². The predicted molar refractivity (Wildman–Crippen MR) is 61.6 cm³/mol. The Morgan fingerprint density at radius 2 is 2.12 bits per heavy atom. The van der Waals surface area contributed by atoms with Crippen LogP contribution in [0.5, 0.6) is 0 Å². The van der Waals surface area contributed by atoms with Gasteiger partial charge in [-0.25, -0.2) is 8.78 Å². The maximum atomic E-state index is 13.3. The molecule has 2 N–H and O–H groups in total. The lowest BCUT2D eigenvalue weighted by molar-refractivity contribution is 0.563. The van der Waals surface area contributed by atoms with Crippen molar-refractivity contribution < 1.29 is 13.2 Å². The first kappa shape index (κ1) is 11.4. The van der Waals surface area contributed by atoms with Gasteiger partial charge in [0.2, 0.25) is 0 Å². The molecule has 1 aromatic heterocycles. The number of rotatable bonds is 3. The van der Waals surface area contributed by atoms with Gasteiger partial charge in [0.15, 0.2) is 5.82 Å². The van der Waals surface area contributed by atoms with Gasteiger partial charge in [-0.15, -0.1) is 0 Å². The van der Waals surface area contributed by atoms with E-state index in [9.17, 15) is 8.78 Å². The zero-order valence-electron chi connectivity index (χ0n) is 9.28. The fraction of sp³-hybridized carbons (Fsp3) is 0.167. The summed E-state index contributed by atoms with van der Waals surface area (Å²) in [6.07, 6.45) is 3.11. The van der Waals surface area contributed by atoms with Crippen molar-refractivity contribution in [2.45, 2.75) is 6.54 Å². The van der Waals surface area contributed by atoms with E-state index in [0.29, 0.717) is 12.2 Å². The van der Waals surface area contributed by atoms with Gasteiger partial charge in [-0.2, -0.15) is 0 Å². The number of benzene rings is 1. The van der Waals surface area contributed by atoms with Gasteiger partial charge < -0.3 is 15.1 Å². The van der Waals surface area contributed by atoms with E-state index in [1.54, 1.807) is 30.5 Å². The molecule has 90 valence electrons. The summed E-state index contributed by atoms with van der Waals surface area (Å²) in [5.41, 5.74) is 6.74. The molecule has 5 heteroatoms. The van der Waals surface area contributed by atoms with Crippen LogP contribution in [0.25, 0.3) is 0 Å². The van der Waals surface area contributed by atoms with E-state index in [4.69, 9.17) is 10.2 Å². The maximum Gasteiger partial charge on any atom is 0.151 e. The minimum atomic E-state index is -0.751. The Hall–Kier alpha value is -2.04. The number of nitrogens with zero attached hydrogens (tertiary/aromatic N) is 1. The van der Waals surface area contributed by atoms with Crippen LogP contribution >= 0.6 is 0 Å². The van der Waals surface area contributed by atoms with Crippen molar-refractivity contribution in [2.75, 3.05) is 17.7 Å². The summed E-state index contributed by atoms with van der Waals surface area (Å²) < 4.78 is 31.3. The Balaban J connectivity index is 2.27. The third-order valence-corrected chi connectivity index (χ3v) is 2.48. The zero-order valence-corrected chi connectivity index (χ0v) is 9.28. The quantitative estimate of drug-likeness (QED) is 0.836. The minimum absolute atomic E-state index is 0.0580. The van der Waals surface area contributed by atoms with E-state index in [1.807, 2.05) is 0 Å². The lowest BCUT2D eigenvalue weighted by atomic mass is 10.2. The van der Waals surface area contributed by atoms with E-state index in [0.717, 1.165) is 11.6 Å². The lowest BCUT2D eigenvalue weighted by Crippen LogP contribution is -2.18. The van der Waals surface area contributed by atoms with Gasteiger partial charge in [-0.05, 0) is 12.1 Å². The van der Waals surface area contributed by atoms with Gasteiger partial charge in [0.25, 0.3) is 0 Å². The topological polar surface area (TPSA) is 42.4 Å². The molecule has 0 aliphatic heterocycles. The van der Waals surface area contributed by atoms with Crippen molar-refractivity contribution in [1.82, 2.24) is 0 Å². The van der Waals surface area contributed by atoms with E-state index in [-0.39, 0.29) is 5.69 Å². The number of hydrogen-bond donors (Lipinski definition) is 1. The fourth-order valence-electron chi connectivity index (χ4n) is 1.63. The summed E-state index contributed by atoms with van der Waals surface area (Å²) in [5.74, 6) is -1.40. The average molecular weight is 238 g/mol. The molecule has 0 spiro atoms. The normalized spacial score (nSPS) is 10.5. The number of anilines is 2. The molecule has 0 fully saturated rings. The molecular formula is C12H12F2N2O. The van der Waals surface area contributed by atoms with Crippen molar-refractivity contribution in [2.24, 2.45) is 0 Å². The summed E-state index contributed by atoms with van der Waals surface area (Å²) in [6.45, 7) is 0.462. The molecule has 0 amide bonds. The second-order valence-corrected chi connectivity index (χ2v) is 3.81. The molecule has 0 bridgehead atoms. The highest BCUT2D eigenvalue weighted by molar-refractivity contribution is 5.68. The third-order valence-electron chi connectivity index (χ3n) is 2.48. The van der Waals surface area contributed by atoms with Gasteiger partial charge in [0.05, 0.1) is 23.9 Å². The van der Waals surface area contributed by atoms with Crippen molar-refractivity contribution in [3.63, 3.8) is 0 Å². The Bertz CT molecular complexity index is 511. The van der Waals surface area contributed by atoms with Crippen LogP contribution in [0.1, 0.15) is 5.56 Å². The van der Waals surface area contributed by atoms with E-state index in [1.165, 1.54) is 6.07 Å². The molecule has 0 unspecified atom stereocenters. The number of halogens is 2. The Labute approximate surface area is 97.4 Å². The van der Waals surface area contributed by atoms with Crippen LogP contribution in [-0.2, 0) is 6.54 Å². The van der Waals surface area contributed by atoms with Crippen LogP contribution in [0, 0.1) is 11.6 Å². The minimum Gasteiger partial charge on any atom is -0.472 e. The molecule has 0 aliphatic rings. The first-order valence-corrected chi connectivity index (χ1v) is 5.04. The van der Waals surface area contributed by atoms with E-state index in [2.05, 4.69) is 0 Å². The predicted octanol–water partition coefficient (Wildman–Crippen LogP) is 2.78. The molecular weight excluding hydrogens is 226 g/mol. The Morgan fingerprint density at radius 3 is 2.76 bits per heavy atom. The molecule has 0 radical (unpaired) electrons. The Morgan fingerprint density at radius 1 is 1.35 bits per heavy atom.